The summed E-state index contributed by atoms with van der Waals surface area (Å²) in [7, 11) is 0. The molecule has 1 N–H and O–H groups in total. The zero-order valence-corrected chi connectivity index (χ0v) is 12.2. The monoisotopic (exact) mass is 274 g/mol. The molecule has 1 aliphatic heterocycles. The van der Waals surface area contributed by atoms with Crippen molar-refractivity contribution in [2.24, 2.45) is 5.92 Å². The quantitative estimate of drug-likeness (QED) is 0.914. The van der Waals surface area contributed by atoms with Crippen molar-refractivity contribution in [3.63, 3.8) is 0 Å². The van der Waals surface area contributed by atoms with E-state index in [1.807, 2.05) is 25.1 Å². The second-order valence-corrected chi connectivity index (χ2v) is 5.51. The normalized spacial score (nSPS) is 18.7. The number of piperidine rings is 1. The highest BCUT2D eigenvalue weighted by Crippen LogP contribution is 2.17. The third kappa shape index (κ3) is 3.83. The number of hydrogen-bond donors (Lipinski definition) is 1. The molecule has 1 aromatic carbocycles. The number of aryl methyl sites for hydroxylation is 1. The molecule has 1 heterocycles. The van der Waals surface area contributed by atoms with E-state index in [0.717, 1.165) is 24.9 Å². The van der Waals surface area contributed by atoms with Crippen molar-refractivity contribution < 1.29 is 9.59 Å². The van der Waals surface area contributed by atoms with Crippen LogP contribution in [0.2, 0.25) is 0 Å². The van der Waals surface area contributed by atoms with Crippen molar-refractivity contribution in [3.05, 3.63) is 35.4 Å². The average Bonchev–Trinajstić information content (AvgIpc) is 2.45. The Balaban J connectivity index is 1.87. The van der Waals surface area contributed by atoms with Gasteiger partial charge in [0.15, 0.2) is 0 Å². The number of likely N-dealkylation sites (tertiary alicyclic amines) is 1. The van der Waals surface area contributed by atoms with Gasteiger partial charge in [-0.3, -0.25) is 9.59 Å². The minimum Gasteiger partial charge on any atom is -0.352 e. The molecule has 0 aromatic heterocycles. The zero-order chi connectivity index (χ0) is 14.5. The van der Waals surface area contributed by atoms with E-state index in [-0.39, 0.29) is 17.7 Å². The second-order valence-electron chi connectivity index (χ2n) is 5.51. The fourth-order valence-corrected chi connectivity index (χ4v) is 2.63. The lowest BCUT2D eigenvalue weighted by molar-refractivity contribution is -0.134. The molecule has 0 saturated carbocycles. The molecule has 4 nitrogen and oxygen atoms in total. The standard InChI is InChI=1S/C16H22N2O2/c1-12-5-3-6-14(9-12)10-17-16(20)15-7-4-8-18(11-15)13(2)19/h3,5-6,9,15H,4,7-8,10-11H2,1-2H3,(H,17,20). The summed E-state index contributed by atoms with van der Waals surface area (Å²) in [6.07, 6.45) is 1.77. The Morgan fingerprint density at radius 2 is 2.20 bits per heavy atom. The van der Waals surface area contributed by atoms with Gasteiger partial charge in [-0.25, -0.2) is 0 Å². The van der Waals surface area contributed by atoms with E-state index in [9.17, 15) is 9.59 Å². The minimum atomic E-state index is -0.0718. The number of nitrogens with zero attached hydrogens (tertiary/aromatic N) is 1. The molecule has 1 fully saturated rings. The van der Waals surface area contributed by atoms with Gasteiger partial charge in [0.1, 0.15) is 0 Å². The molecule has 0 radical (unpaired) electrons. The van der Waals surface area contributed by atoms with Crippen LogP contribution in [0, 0.1) is 12.8 Å². The second kappa shape index (κ2) is 6.55. The van der Waals surface area contributed by atoms with Gasteiger partial charge in [-0.15, -0.1) is 0 Å². The highest BCUT2D eigenvalue weighted by molar-refractivity contribution is 5.80. The van der Waals surface area contributed by atoms with Gasteiger partial charge < -0.3 is 10.2 Å². The number of carbonyl (C=O) groups excluding carboxylic acids is 2. The highest BCUT2D eigenvalue weighted by atomic mass is 16.2. The first-order chi connectivity index (χ1) is 9.56. The van der Waals surface area contributed by atoms with Crippen LogP contribution in [0.1, 0.15) is 30.9 Å². The lowest BCUT2D eigenvalue weighted by Crippen LogP contribution is -2.44. The maximum Gasteiger partial charge on any atom is 0.225 e. The number of hydrogen-bond acceptors (Lipinski definition) is 2. The first-order valence-electron chi connectivity index (χ1n) is 7.15. The van der Waals surface area contributed by atoms with E-state index in [1.165, 1.54) is 5.56 Å². The molecule has 0 aliphatic carbocycles. The highest BCUT2D eigenvalue weighted by Gasteiger charge is 2.26. The largest absolute Gasteiger partial charge is 0.352 e. The van der Waals surface area contributed by atoms with E-state index in [1.54, 1.807) is 11.8 Å². The summed E-state index contributed by atoms with van der Waals surface area (Å²) in [6.45, 7) is 5.48. The van der Waals surface area contributed by atoms with Crippen molar-refractivity contribution >= 4 is 11.8 Å². The molecule has 2 amide bonds. The van der Waals surface area contributed by atoms with Crippen LogP contribution in [0.15, 0.2) is 24.3 Å². The number of rotatable bonds is 3. The van der Waals surface area contributed by atoms with Gasteiger partial charge in [0.25, 0.3) is 0 Å². The number of benzene rings is 1. The molecular formula is C16H22N2O2. The smallest absolute Gasteiger partial charge is 0.225 e. The first kappa shape index (κ1) is 14.6. The summed E-state index contributed by atoms with van der Waals surface area (Å²) < 4.78 is 0. The molecule has 2 rings (SSSR count). The van der Waals surface area contributed by atoms with Crippen molar-refractivity contribution in [2.45, 2.75) is 33.2 Å². The summed E-state index contributed by atoms with van der Waals surface area (Å²) in [5.41, 5.74) is 2.30. The van der Waals surface area contributed by atoms with E-state index in [4.69, 9.17) is 0 Å². The van der Waals surface area contributed by atoms with Crippen molar-refractivity contribution in [1.29, 1.82) is 0 Å². The average molecular weight is 274 g/mol. The maximum absolute atomic E-state index is 12.2. The number of amides is 2. The Bertz CT molecular complexity index is 499. The zero-order valence-electron chi connectivity index (χ0n) is 12.2. The Kier molecular flexibility index (Phi) is 4.77. The van der Waals surface area contributed by atoms with Crippen LogP contribution in [-0.2, 0) is 16.1 Å². The molecule has 1 atom stereocenters. The summed E-state index contributed by atoms with van der Waals surface area (Å²) >= 11 is 0. The Morgan fingerprint density at radius 3 is 2.90 bits per heavy atom. The summed E-state index contributed by atoms with van der Waals surface area (Å²) in [5.74, 6) is 0.0381. The van der Waals surface area contributed by atoms with Crippen LogP contribution in [0.25, 0.3) is 0 Å². The molecule has 1 aromatic rings. The van der Waals surface area contributed by atoms with Crippen molar-refractivity contribution in [3.8, 4) is 0 Å². The van der Waals surface area contributed by atoms with Crippen molar-refractivity contribution in [1.82, 2.24) is 10.2 Å². The first-order valence-corrected chi connectivity index (χ1v) is 7.15. The lowest BCUT2D eigenvalue weighted by Gasteiger charge is -2.31. The van der Waals surface area contributed by atoms with Gasteiger partial charge in [0.05, 0.1) is 5.92 Å². The molecule has 1 aliphatic rings. The third-order valence-corrected chi connectivity index (χ3v) is 3.79. The minimum absolute atomic E-state index is 0.0532. The molecule has 0 bridgehead atoms. The van der Waals surface area contributed by atoms with E-state index >= 15 is 0 Å². The van der Waals surface area contributed by atoms with Crippen LogP contribution in [0.5, 0.6) is 0 Å². The van der Waals surface area contributed by atoms with Crippen LogP contribution in [0.3, 0.4) is 0 Å². The summed E-state index contributed by atoms with van der Waals surface area (Å²) in [5, 5.41) is 2.98. The summed E-state index contributed by atoms with van der Waals surface area (Å²) in [6, 6.07) is 8.12. The fraction of sp³-hybridized carbons (Fsp3) is 0.500. The number of nitrogens with one attached hydrogen (secondary N) is 1. The van der Waals surface area contributed by atoms with E-state index in [2.05, 4.69) is 11.4 Å². The van der Waals surface area contributed by atoms with E-state index < -0.39 is 0 Å². The lowest BCUT2D eigenvalue weighted by atomic mass is 9.97. The van der Waals surface area contributed by atoms with Crippen LogP contribution >= 0.6 is 0 Å². The van der Waals surface area contributed by atoms with Gasteiger partial charge in [-0.2, -0.15) is 0 Å². The van der Waals surface area contributed by atoms with Crippen LogP contribution in [0.4, 0.5) is 0 Å². The topological polar surface area (TPSA) is 49.4 Å². The fourth-order valence-electron chi connectivity index (χ4n) is 2.63. The van der Waals surface area contributed by atoms with Gasteiger partial charge >= 0.3 is 0 Å². The molecule has 1 saturated heterocycles. The van der Waals surface area contributed by atoms with Crippen LogP contribution in [-0.4, -0.2) is 29.8 Å². The third-order valence-electron chi connectivity index (χ3n) is 3.79. The van der Waals surface area contributed by atoms with E-state index in [0.29, 0.717) is 13.1 Å². The van der Waals surface area contributed by atoms with Crippen molar-refractivity contribution in [2.75, 3.05) is 13.1 Å². The molecular weight excluding hydrogens is 252 g/mol. The molecule has 20 heavy (non-hydrogen) atoms. The molecule has 0 spiro atoms. The predicted molar refractivity (Wildman–Crippen MR) is 78.0 cm³/mol. The Hall–Kier alpha value is -1.84. The van der Waals surface area contributed by atoms with Gasteiger partial charge in [-0.1, -0.05) is 29.8 Å². The Morgan fingerprint density at radius 1 is 1.40 bits per heavy atom. The molecule has 4 heteroatoms. The van der Waals surface area contributed by atoms with Crippen LogP contribution < -0.4 is 5.32 Å². The van der Waals surface area contributed by atoms with Gasteiger partial charge in [0, 0.05) is 26.6 Å². The predicted octanol–water partition coefficient (Wildman–Crippen LogP) is 1.87. The number of carbonyl (C=O) groups is 2. The maximum atomic E-state index is 12.2. The summed E-state index contributed by atoms with van der Waals surface area (Å²) in [4.78, 5) is 25.3. The van der Waals surface area contributed by atoms with Gasteiger partial charge in [0.2, 0.25) is 11.8 Å². The molecule has 108 valence electrons. The Labute approximate surface area is 120 Å². The molecule has 1 unspecified atom stereocenters. The van der Waals surface area contributed by atoms with Gasteiger partial charge in [-0.05, 0) is 25.3 Å². The SMILES string of the molecule is CC(=O)N1CCCC(C(=O)NCc2cccc(C)c2)C1.